The van der Waals surface area contributed by atoms with Crippen molar-refractivity contribution in [2.24, 2.45) is 5.41 Å². The summed E-state index contributed by atoms with van der Waals surface area (Å²) in [4.78, 5) is 12.0. The van der Waals surface area contributed by atoms with Crippen LogP contribution in [0, 0.1) is 5.41 Å². The SMILES string of the molecule is CC(C)(C)CC(=O)c1ccc(OCCOCCO)cc1. The van der Waals surface area contributed by atoms with E-state index >= 15 is 0 Å². The number of benzene rings is 1. The maximum Gasteiger partial charge on any atom is 0.163 e. The van der Waals surface area contributed by atoms with Gasteiger partial charge in [0.1, 0.15) is 12.4 Å². The molecule has 1 N–H and O–H groups in total. The quantitative estimate of drug-likeness (QED) is 0.587. The van der Waals surface area contributed by atoms with Gasteiger partial charge in [0.15, 0.2) is 5.78 Å². The fourth-order valence-electron chi connectivity index (χ4n) is 1.71. The van der Waals surface area contributed by atoms with Crippen LogP contribution in [0.5, 0.6) is 5.75 Å². The van der Waals surface area contributed by atoms with E-state index in [9.17, 15) is 4.79 Å². The summed E-state index contributed by atoms with van der Waals surface area (Å²) in [6, 6.07) is 7.17. The third-order valence-corrected chi connectivity index (χ3v) is 2.60. The molecular formula is C16H24O4. The van der Waals surface area contributed by atoms with Crippen LogP contribution in [0.4, 0.5) is 0 Å². The van der Waals surface area contributed by atoms with Crippen LogP contribution in [-0.4, -0.2) is 37.3 Å². The van der Waals surface area contributed by atoms with E-state index in [1.54, 1.807) is 24.3 Å². The van der Waals surface area contributed by atoms with Gasteiger partial charge < -0.3 is 14.6 Å². The van der Waals surface area contributed by atoms with Gasteiger partial charge in [-0.25, -0.2) is 0 Å². The molecule has 0 aliphatic carbocycles. The predicted molar refractivity (Wildman–Crippen MR) is 78.2 cm³/mol. The number of carbonyl (C=O) groups is 1. The zero-order valence-electron chi connectivity index (χ0n) is 12.5. The molecule has 1 rings (SSSR count). The van der Waals surface area contributed by atoms with Gasteiger partial charge in [-0.2, -0.15) is 0 Å². The van der Waals surface area contributed by atoms with Crippen molar-refractivity contribution in [1.29, 1.82) is 0 Å². The summed E-state index contributed by atoms with van der Waals surface area (Å²) in [5, 5.41) is 8.55. The fourth-order valence-corrected chi connectivity index (χ4v) is 1.71. The summed E-state index contributed by atoms with van der Waals surface area (Å²) in [6.07, 6.45) is 0.530. The normalized spacial score (nSPS) is 11.4. The topological polar surface area (TPSA) is 55.8 Å². The van der Waals surface area contributed by atoms with Crippen LogP contribution in [0.1, 0.15) is 37.6 Å². The van der Waals surface area contributed by atoms with Crippen LogP contribution in [0.3, 0.4) is 0 Å². The number of aliphatic hydroxyl groups excluding tert-OH is 1. The number of Topliss-reactive ketones (excluding diaryl/α,β-unsaturated/α-hetero) is 1. The molecular weight excluding hydrogens is 256 g/mol. The highest BCUT2D eigenvalue weighted by Gasteiger charge is 2.17. The number of ketones is 1. The molecule has 1 aromatic rings. The third-order valence-electron chi connectivity index (χ3n) is 2.60. The van der Waals surface area contributed by atoms with Crippen molar-refractivity contribution in [1.82, 2.24) is 0 Å². The first-order valence-electron chi connectivity index (χ1n) is 6.87. The lowest BCUT2D eigenvalue weighted by Crippen LogP contribution is -2.13. The van der Waals surface area contributed by atoms with Gasteiger partial charge in [0.25, 0.3) is 0 Å². The lowest BCUT2D eigenvalue weighted by Gasteiger charge is -2.16. The highest BCUT2D eigenvalue weighted by atomic mass is 16.5. The maximum absolute atomic E-state index is 12.0. The van der Waals surface area contributed by atoms with E-state index in [1.807, 2.05) is 0 Å². The minimum Gasteiger partial charge on any atom is -0.491 e. The molecule has 4 heteroatoms. The summed E-state index contributed by atoms with van der Waals surface area (Å²) in [5.41, 5.74) is 0.708. The Labute approximate surface area is 120 Å². The van der Waals surface area contributed by atoms with Gasteiger partial charge >= 0.3 is 0 Å². The van der Waals surface area contributed by atoms with E-state index in [1.165, 1.54) is 0 Å². The van der Waals surface area contributed by atoms with Crippen molar-refractivity contribution in [3.63, 3.8) is 0 Å². The second-order valence-electron chi connectivity index (χ2n) is 5.87. The highest BCUT2D eigenvalue weighted by molar-refractivity contribution is 5.96. The van der Waals surface area contributed by atoms with Crippen LogP contribution >= 0.6 is 0 Å². The third kappa shape index (κ3) is 6.68. The van der Waals surface area contributed by atoms with Gasteiger partial charge in [-0.15, -0.1) is 0 Å². The summed E-state index contributed by atoms with van der Waals surface area (Å²) < 4.78 is 10.6. The first kappa shape index (κ1) is 16.7. The largest absolute Gasteiger partial charge is 0.491 e. The number of hydrogen-bond donors (Lipinski definition) is 1. The standard InChI is InChI=1S/C16H24O4/c1-16(2,3)12-15(18)13-4-6-14(7-5-13)20-11-10-19-9-8-17/h4-7,17H,8-12H2,1-3H3. The molecule has 0 fully saturated rings. The van der Waals surface area contributed by atoms with Crippen molar-refractivity contribution in [2.75, 3.05) is 26.4 Å². The number of ether oxygens (including phenoxy) is 2. The molecule has 20 heavy (non-hydrogen) atoms. The number of hydrogen-bond acceptors (Lipinski definition) is 4. The minimum atomic E-state index is -0.00367. The van der Waals surface area contributed by atoms with Crippen LogP contribution in [-0.2, 0) is 4.74 Å². The Bertz CT molecular complexity index is 403. The van der Waals surface area contributed by atoms with Crippen LogP contribution in [0.15, 0.2) is 24.3 Å². The first-order valence-corrected chi connectivity index (χ1v) is 6.87. The smallest absolute Gasteiger partial charge is 0.163 e. The van der Waals surface area contributed by atoms with Gasteiger partial charge in [0, 0.05) is 12.0 Å². The molecule has 0 aliphatic heterocycles. The van der Waals surface area contributed by atoms with Gasteiger partial charge in [0.05, 0.1) is 19.8 Å². The lowest BCUT2D eigenvalue weighted by atomic mass is 9.88. The van der Waals surface area contributed by atoms with Crippen LogP contribution in [0.2, 0.25) is 0 Å². The van der Waals surface area contributed by atoms with E-state index < -0.39 is 0 Å². The molecule has 0 spiro atoms. The van der Waals surface area contributed by atoms with Crippen LogP contribution < -0.4 is 4.74 Å². The molecule has 0 amide bonds. The monoisotopic (exact) mass is 280 g/mol. The number of aliphatic hydroxyl groups is 1. The molecule has 0 saturated heterocycles. The second kappa shape index (κ2) is 8.02. The first-order chi connectivity index (χ1) is 9.42. The van der Waals surface area contributed by atoms with Crippen molar-refractivity contribution in [3.8, 4) is 5.75 Å². The van der Waals surface area contributed by atoms with Crippen molar-refractivity contribution in [3.05, 3.63) is 29.8 Å². The molecule has 0 aromatic heterocycles. The predicted octanol–water partition coefficient (Wildman–Crippen LogP) is 2.69. The molecule has 0 atom stereocenters. The molecule has 0 bridgehead atoms. The average Bonchev–Trinajstić information content (AvgIpc) is 2.37. The Morgan fingerprint density at radius 1 is 1.10 bits per heavy atom. The van der Waals surface area contributed by atoms with E-state index in [0.717, 1.165) is 0 Å². The zero-order valence-corrected chi connectivity index (χ0v) is 12.5. The molecule has 0 radical (unpaired) electrons. The Morgan fingerprint density at radius 2 is 1.75 bits per heavy atom. The highest BCUT2D eigenvalue weighted by Crippen LogP contribution is 2.22. The van der Waals surface area contributed by atoms with Gasteiger partial charge in [0.2, 0.25) is 0 Å². The van der Waals surface area contributed by atoms with Crippen LogP contribution in [0.25, 0.3) is 0 Å². The summed E-state index contributed by atoms with van der Waals surface area (Å²) >= 11 is 0. The Kier molecular flexibility index (Phi) is 6.68. The average molecular weight is 280 g/mol. The summed E-state index contributed by atoms with van der Waals surface area (Å²) in [5.74, 6) is 0.861. The van der Waals surface area contributed by atoms with Crippen molar-refractivity contribution in [2.45, 2.75) is 27.2 Å². The van der Waals surface area contributed by atoms with E-state index in [4.69, 9.17) is 14.6 Å². The minimum absolute atomic E-state index is 0.00367. The molecule has 0 unspecified atom stereocenters. The van der Waals surface area contributed by atoms with E-state index in [2.05, 4.69) is 20.8 Å². The zero-order chi connectivity index (χ0) is 15.0. The van der Waals surface area contributed by atoms with Gasteiger partial charge in [-0.3, -0.25) is 4.79 Å². The molecule has 0 heterocycles. The second-order valence-corrected chi connectivity index (χ2v) is 5.87. The Balaban J connectivity index is 2.42. The number of carbonyl (C=O) groups excluding carboxylic acids is 1. The Morgan fingerprint density at radius 3 is 2.30 bits per heavy atom. The molecule has 4 nitrogen and oxygen atoms in total. The lowest BCUT2D eigenvalue weighted by molar-refractivity contribution is 0.0705. The summed E-state index contributed by atoms with van der Waals surface area (Å²) in [7, 11) is 0. The van der Waals surface area contributed by atoms with Crippen molar-refractivity contribution >= 4 is 5.78 Å². The fraction of sp³-hybridized carbons (Fsp3) is 0.562. The molecule has 0 aliphatic rings. The molecule has 112 valence electrons. The van der Waals surface area contributed by atoms with E-state index in [0.29, 0.717) is 37.6 Å². The molecule has 0 saturated carbocycles. The number of rotatable bonds is 8. The van der Waals surface area contributed by atoms with Crippen molar-refractivity contribution < 1.29 is 19.4 Å². The summed E-state index contributed by atoms with van der Waals surface area (Å²) in [6.45, 7) is 7.35. The van der Waals surface area contributed by atoms with Gasteiger partial charge in [-0.1, -0.05) is 20.8 Å². The van der Waals surface area contributed by atoms with E-state index in [-0.39, 0.29) is 17.8 Å². The van der Waals surface area contributed by atoms with Gasteiger partial charge in [-0.05, 0) is 29.7 Å². The maximum atomic E-state index is 12.0. The molecule has 1 aromatic carbocycles. The Hall–Kier alpha value is -1.39.